The van der Waals surface area contributed by atoms with Gasteiger partial charge in [-0.3, -0.25) is 4.79 Å². The number of carbonyl (C=O) groups excluding carboxylic acids is 1. The fourth-order valence-electron chi connectivity index (χ4n) is 2.62. The molecule has 1 heterocycles. The van der Waals surface area contributed by atoms with Crippen LogP contribution in [0, 0.1) is 5.92 Å². The summed E-state index contributed by atoms with van der Waals surface area (Å²) < 4.78 is 5.41. The van der Waals surface area contributed by atoms with Crippen molar-refractivity contribution in [2.24, 2.45) is 11.7 Å². The van der Waals surface area contributed by atoms with E-state index in [1.807, 2.05) is 37.4 Å². The lowest BCUT2D eigenvalue weighted by Crippen LogP contribution is -2.36. The molecule has 3 N–H and O–H groups in total. The second-order valence-corrected chi connectivity index (χ2v) is 6.05. The molecule has 1 aromatic heterocycles. The Morgan fingerprint density at radius 3 is 2.71 bits per heavy atom. The van der Waals surface area contributed by atoms with Gasteiger partial charge in [-0.15, -0.1) is 0 Å². The molecule has 0 aliphatic heterocycles. The van der Waals surface area contributed by atoms with Crippen molar-refractivity contribution in [3.8, 4) is 0 Å². The second kappa shape index (κ2) is 6.76. The van der Waals surface area contributed by atoms with Crippen LogP contribution in [0.15, 0.2) is 30.5 Å². The first-order chi connectivity index (χ1) is 9.97. The minimum absolute atomic E-state index is 0.0912. The van der Waals surface area contributed by atoms with Crippen LogP contribution in [0.2, 0.25) is 0 Å². The van der Waals surface area contributed by atoms with Gasteiger partial charge in [0.05, 0.1) is 6.10 Å². The van der Waals surface area contributed by atoms with Crippen LogP contribution in [0.5, 0.6) is 0 Å². The molecule has 0 fully saturated rings. The molecule has 0 aliphatic carbocycles. The second-order valence-electron chi connectivity index (χ2n) is 6.05. The van der Waals surface area contributed by atoms with Gasteiger partial charge >= 0.3 is 5.97 Å². The number of esters is 1. The average Bonchev–Trinajstić information content (AvgIpc) is 2.81. The molecule has 0 spiro atoms. The van der Waals surface area contributed by atoms with Crippen molar-refractivity contribution in [1.82, 2.24) is 4.98 Å². The summed E-state index contributed by atoms with van der Waals surface area (Å²) in [6.07, 6.45) is 3.16. The van der Waals surface area contributed by atoms with Gasteiger partial charge in [-0.25, -0.2) is 0 Å². The predicted octanol–water partition coefficient (Wildman–Crippen LogP) is 3.02. The number of aromatic amines is 1. The number of nitrogens with one attached hydrogen (secondary N) is 1. The molecule has 0 aliphatic rings. The summed E-state index contributed by atoms with van der Waals surface area (Å²) in [4.78, 5) is 15.2. The van der Waals surface area contributed by atoms with E-state index in [-0.39, 0.29) is 12.1 Å². The maximum Gasteiger partial charge on any atom is 0.323 e. The van der Waals surface area contributed by atoms with E-state index in [1.165, 1.54) is 0 Å². The van der Waals surface area contributed by atoms with Gasteiger partial charge in [-0.1, -0.05) is 32.0 Å². The smallest absolute Gasteiger partial charge is 0.323 e. The lowest BCUT2D eigenvalue weighted by molar-refractivity contribution is -0.150. The highest BCUT2D eigenvalue weighted by Crippen LogP contribution is 2.19. The molecule has 2 atom stereocenters. The Morgan fingerprint density at radius 2 is 2.00 bits per heavy atom. The highest BCUT2D eigenvalue weighted by Gasteiger charge is 2.20. The van der Waals surface area contributed by atoms with Crippen molar-refractivity contribution >= 4 is 16.9 Å². The number of hydrogen-bond acceptors (Lipinski definition) is 3. The molecule has 0 radical (unpaired) electrons. The van der Waals surface area contributed by atoms with Gasteiger partial charge in [-0.2, -0.15) is 0 Å². The Bertz CT molecular complexity index is 604. The maximum absolute atomic E-state index is 12.0. The van der Waals surface area contributed by atoms with Gasteiger partial charge in [0.2, 0.25) is 0 Å². The standard InChI is InChI=1S/C17H24N2O2/c1-11(2)8-12(3)21-17(20)15(18)9-13-10-19-16-7-5-4-6-14(13)16/h4-7,10-12,15,19H,8-9,18H2,1-3H3/t12?,15-/m0/s1. The molecule has 2 rings (SSSR count). The molecule has 1 aromatic carbocycles. The predicted molar refractivity (Wildman–Crippen MR) is 85.0 cm³/mol. The summed E-state index contributed by atoms with van der Waals surface area (Å²) in [5.74, 6) is 0.172. The highest BCUT2D eigenvalue weighted by molar-refractivity contribution is 5.84. The molecule has 2 aromatic rings. The molecule has 0 amide bonds. The Balaban J connectivity index is 1.97. The van der Waals surface area contributed by atoms with E-state index in [0.717, 1.165) is 22.9 Å². The van der Waals surface area contributed by atoms with Gasteiger partial charge in [0.25, 0.3) is 0 Å². The molecule has 0 saturated carbocycles. The van der Waals surface area contributed by atoms with E-state index < -0.39 is 6.04 Å². The Labute approximate surface area is 125 Å². The third kappa shape index (κ3) is 4.08. The van der Waals surface area contributed by atoms with E-state index in [0.29, 0.717) is 12.3 Å². The average molecular weight is 288 g/mol. The molecule has 0 saturated heterocycles. The van der Waals surface area contributed by atoms with Gasteiger partial charge in [-0.05, 0) is 30.9 Å². The molecular weight excluding hydrogens is 264 g/mol. The van der Waals surface area contributed by atoms with Crippen LogP contribution in [-0.2, 0) is 16.0 Å². The summed E-state index contributed by atoms with van der Waals surface area (Å²) in [7, 11) is 0. The number of ether oxygens (including phenoxy) is 1. The number of H-pyrrole nitrogens is 1. The zero-order valence-electron chi connectivity index (χ0n) is 12.9. The van der Waals surface area contributed by atoms with Crippen LogP contribution in [0.4, 0.5) is 0 Å². The first kappa shape index (κ1) is 15.6. The van der Waals surface area contributed by atoms with E-state index >= 15 is 0 Å². The molecule has 4 nitrogen and oxygen atoms in total. The SMILES string of the molecule is CC(C)CC(C)OC(=O)[C@@H](N)Cc1c[nH]c2ccccc12. The van der Waals surface area contributed by atoms with Crippen LogP contribution in [0.1, 0.15) is 32.8 Å². The third-order valence-electron chi connectivity index (χ3n) is 3.54. The van der Waals surface area contributed by atoms with Crippen LogP contribution in [0.25, 0.3) is 10.9 Å². The number of para-hydroxylation sites is 1. The summed E-state index contributed by atoms with van der Waals surface area (Å²) in [6.45, 7) is 6.13. The Hall–Kier alpha value is -1.81. The van der Waals surface area contributed by atoms with Crippen molar-refractivity contribution in [3.05, 3.63) is 36.0 Å². The fourth-order valence-corrected chi connectivity index (χ4v) is 2.62. The van der Waals surface area contributed by atoms with E-state index in [4.69, 9.17) is 10.5 Å². The Morgan fingerprint density at radius 1 is 1.29 bits per heavy atom. The van der Waals surface area contributed by atoms with Crippen LogP contribution < -0.4 is 5.73 Å². The monoisotopic (exact) mass is 288 g/mol. The number of rotatable bonds is 6. The summed E-state index contributed by atoms with van der Waals surface area (Å²) in [6, 6.07) is 7.37. The lowest BCUT2D eigenvalue weighted by Gasteiger charge is -2.18. The molecule has 21 heavy (non-hydrogen) atoms. The number of benzene rings is 1. The number of nitrogens with two attached hydrogens (primary N) is 1. The molecule has 0 bridgehead atoms. The number of fused-ring (bicyclic) bond motifs is 1. The van der Waals surface area contributed by atoms with Crippen LogP contribution in [-0.4, -0.2) is 23.1 Å². The van der Waals surface area contributed by atoms with E-state index in [2.05, 4.69) is 18.8 Å². The number of aromatic nitrogens is 1. The van der Waals surface area contributed by atoms with Crippen molar-refractivity contribution < 1.29 is 9.53 Å². The fraction of sp³-hybridized carbons (Fsp3) is 0.471. The molecule has 1 unspecified atom stereocenters. The van der Waals surface area contributed by atoms with Crippen molar-refractivity contribution in [1.29, 1.82) is 0 Å². The number of hydrogen-bond donors (Lipinski definition) is 2. The number of carbonyl (C=O) groups is 1. The minimum Gasteiger partial charge on any atom is -0.461 e. The third-order valence-corrected chi connectivity index (χ3v) is 3.54. The van der Waals surface area contributed by atoms with Gasteiger partial charge in [0.1, 0.15) is 6.04 Å². The summed E-state index contributed by atoms with van der Waals surface area (Å²) in [5, 5.41) is 1.11. The van der Waals surface area contributed by atoms with Gasteiger partial charge < -0.3 is 15.5 Å². The normalized spacial score (nSPS) is 14.3. The lowest BCUT2D eigenvalue weighted by atomic mass is 10.1. The van der Waals surface area contributed by atoms with Crippen molar-refractivity contribution in [2.45, 2.75) is 45.8 Å². The van der Waals surface area contributed by atoms with E-state index in [1.54, 1.807) is 0 Å². The van der Waals surface area contributed by atoms with Gasteiger partial charge in [0.15, 0.2) is 0 Å². The Kier molecular flexibility index (Phi) is 5.02. The van der Waals surface area contributed by atoms with Crippen molar-refractivity contribution in [2.75, 3.05) is 0 Å². The zero-order valence-corrected chi connectivity index (χ0v) is 12.9. The first-order valence-corrected chi connectivity index (χ1v) is 7.48. The molecule has 4 heteroatoms. The van der Waals surface area contributed by atoms with Crippen LogP contribution in [0.3, 0.4) is 0 Å². The zero-order chi connectivity index (χ0) is 15.4. The minimum atomic E-state index is -0.626. The van der Waals surface area contributed by atoms with E-state index in [9.17, 15) is 4.79 Å². The molecular formula is C17H24N2O2. The van der Waals surface area contributed by atoms with Crippen LogP contribution >= 0.6 is 0 Å². The summed E-state index contributed by atoms with van der Waals surface area (Å²) in [5.41, 5.74) is 8.09. The summed E-state index contributed by atoms with van der Waals surface area (Å²) >= 11 is 0. The van der Waals surface area contributed by atoms with Crippen molar-refractivity contribution in [3.63, 3.8) is 0 Å². The molecule has 114 valence electrons. The maximum atomic E-state index is 12.0. The van der Waals surface area contributed by atoms with Gasteiger partial charge in [0, 0.05) is 23.5 Å². The first-order valence-electron chi connectivity index (χ1n) is 7.48. The largest absolute Gasteiger partial charge is 0.461 e. The quantitative estimate of drug-likeness (QED) is 0.803. The highest BCUT2D eigenvalue weighted by atomic mass is 16.5. The topological polar surface area (TPSA) is 68.1 Å².